The number of carbonyl (C=O) groups excluding carboxylic acids is 2. The minimum absolute atomic E-state index is 0.000377. The third-order valence-corrected chi connectivity index (χ3v) is 5.03. The van der Waals surface area contributed by atoms with E-state index in [1.807, 2.05) is 4.90 Å². The van der Waals surface area contributed by atoms with Gasteiger partial charge in [0.25, 0.3) is 0 Å². The highest BCUT2D eigenvalue weighted by atomic mass is 16.2. The molecule has 0 aromatic heterocycles. The van der Waals surface area contributed by atoms with Gasteiger partial charge in [-0.3, -0.25) is 9.59 Å². The average molecular weight is 281 g/mol. The van der Waals surface area contributed by atoms with E-state index in [0.29, 0.717) is 18.3 Å². The maximum Gasteiger partial charge on any atom is 0.227 e. The summed E-state index contributed by atoms with van der Waals surface area (Å²) < 4.78 is 0. The molecule has 0 aromatic rings. The molecule has 20 heavy (non-hydrogen) atoms. The number of hydrogen-bond donors (Lipinski definition) is 2. The second kappa shape index (κ2) is 6.57. The monoisotopic (exact) mass is 281 g/mol. The zero-order valence-corrected chi connectivity index (χ0v) is 12.4. The molecule has 3 unspecified atom stereocenters. The largest absolute Gasteiger partial charge is 0.370 e. The third kappa shape index (κ3) is 3.51. The van der Waals surface area contributed by atoms with Crippen LogP contribution in [0.25, 0.3) is 0 Å². The molecule has 5 heteroatoms. The van der Waals surface area contributed by atoms with Gasteiger partial charge < -0.3 is 16.4 Å². The molecule has 0 aromatic carbocycles. The first-order chi connectivity index (χ1) is 9.49. The molecule has 0 bridgehead atoms. The minimum Gasteiger partial charge on any atom is -0.370 e. The maximum absolute atomic E-state index is 12.6. The molecule has 114 valence electrons. The number of hydrogen-bond acceptors (Lipinski definition) is 3. The van der Waals surface area contributed by atoms with E-state index in [1.54, 1.807) is 0 Å². The van der Waals surface area contributed by atoms with Gasteiger partial charge >= 0.3 is 0 Å². The van der Waals surface area contributed by atoms with Crippen LogP contribution in [0, 0.1) is 17.8 Å². The quantitative estimate of drug-likeness (QED) is 0.804. The van der Waals surface area contributed by atoms with Crippen LogP contribution in [0.1, 0.15) is 45.4 Å². The standard InChI is InChI=1S/C15H27N3O2/c1-10-3-2-4-12(14(10)17)15(20)18-7-5-11(6-8-18)9-13(16)19/h10-12,14H,2-9,17H2,1H3,(H2,16,19). The first kappa shape index (κ1) is 15.3. The molecule has 4 N–H and O–H groups in total. The number of rotatable bonds is 3. The van der Waals surface area contributed by atoms with E-state index in [0.717, 1.165) is 45.2 Å². The van der Waals surface area contributed by atoms with E-state index in [9.17, 15) is 9.59 Å². The van der Waals surface area contributed by atoms with Crippen molar-refractivity contribution in [2.45, 2.75) is 51.5 Å². The lowest BCUT2D eigenvalue weighted by molar-refractivity contribution is -0.139. The summed E-state index contributed by atoms with van der Waals surface area (Å²) in [7, 11) is 0. The van der Waals surface area contributed by atoms with Gasteiger partial charge in [-0.25, -0.2) is 0 Å². The van der Waals surface area contributed by atoms with E-state index in [2.05, 4.69) is 6.92 Å². The Morgan fingerprint density at radius 2 is 1.80 bits per heavy atom. The second-order valence-electron chi connectivity index (χ2n) is 6.53. The predicted molar refractivity (Wildman–Crippen MR) is 77.6 cm³/mol. The summed E-state index contributed by atoms with van der Waals surface area (Å²) >= 11 is 0. The summed E-state index contributed by atoms with van der Waals surface area (Å²) in [6, 6.07) is -0.000377. The highest BCUT2D eigenvalue weighted by Gasteiger charge is 2.36. The molecule has 1 aliphatic carbocycles. The lowest BCUT2D eigenvalue weighted by Gasteiger charge is -2.38. The molecule has 5 nitrogen and oxygen atoms in total. The lowest BCUT2D eigenvalue weighted by Crippen LogP contribution is -2.50. The van der Waals surface area contributed by atoms with E-state index in [1.165, 1.54) is 0 Å². The number of likely N-dealkylation sites (tertiary alicyclic amines) is 1. The highest BCUT2D eigenvalue weighted by Crippen LogP contribution is 2.30. The Morgan fingerprint density at radius 3 is 2.40 bits per heavy atom. The number of nitrogens with two attached hydrogens (primary N) is 2. The maximum atomic E-state index is 12.6. The molecule has 2 fully saturated rings. The summed E-state index contributed by atoms with van der Waals surface area (Å²) in [4.78, 5) is 25.5. The molecule has 1 aliphatic heterocycles. The summed E-state index contributed by atoms with van der Waals surface area (Å²) in [5.74, 6) is 0.756. The van der Waals surface area contributed by atoms with Gasteiger partial charge in [-0.15, -0.1) is 0 Å². The van der Waals surface area contributed by atoms with Gasteiger partial charge in [0.15, 0.2) is 0 Å². The number of primary amides is 1. The number of nitrogens with zero attached hydrogens (tertiary/aromatic N) is 1. The van der Waals surface area contributed by atoms with E-state index in [-0.39, 0.29) is 23.8 Å². The topological polar surface area (TPSA) is 89.4 Å². The van der Waals surface area contributed by atoms with Crippen molar-refractivity contribution in [2.24, 2.45) is 29.2 Å². The Morgan fingerprint density at radius 1 is 1.15 bits per heavy atom. The zero-order valence-electron chi connectivity index (χ0n) is 12.4. The molecular formula is C15H27N3O2. The Labute approximate surface area is 121 Å². The Bertz CT molecular complexity index is 364. The molecule has 2 rings (SSSR count). The highest BCUT2D eigenvalue weighted by molar-refractivity contribution is 5.80. The lowest BCUT2D eigenvalue weighted by atomic mass is 9.77. The third-order valence-electron chi connectivity index (χ3n) is 5.03. The Hall–Kier alpha value is -1.10. The van der Waals surface area contributed by atoms with Crippen LogP contribution in [-0.4, -0.2) is 35.8 Å². The van der Waals surface area contributed by atoms with Gasteiger partial charge in [-0.2, -0.15) is 0 Å². The predicted octanol–water partition coefficient (Wildman–Crippen LogP) is 0.864. The van der Waals surface area contributed by atoms with Crippen molar-refractivity contribution >= 4 is 11.8 Å². The van der Waals surface area contributed by atoms with Gasteiger partial charge in [0, 0.05) is 25.6 Å². The van der Waals surface area contributed by atoms with Gasteiger partial charge in [0.2, 0.25) is 11.8 Å². The fourth-order valence-corrected chi connectivity index (χ4v) is 3.61. The number of carbonyl (C=O) groups is 2. The van der Waals surface area contributed by atoms with Crippen molar-refractivity contribution in [3.8, 4) is 0 Å². The van der Waals surface area contributed by atoms with Crippen molar-refractivity contribution in [2.75, 3.05) is 13.1 Å². The van der Waals surface area contributed by atoms with Gasteiger partial charge in [0.05, 0.1) is 5.92 Å². The Kier molecular flexibility index (Phi) is 5.02. The van der Waals surface area contributed by atoms with E-state index in [4.69, 9.17) is 11.5 Å². The molecule has 0 spiro atoms. The van der Waals surface area contributed by atoms with E-state index < -0.39 is 0 Å². The van der Waals surface area contributed by atoms with Gasteiger partial charge in [-0.1, -0.05) is 13.3 Å². The van der Waals surface area contributed by atoms with Crippen LogP contribution in [-0.2, 0) is 9.59 Å². The van der Waals surface area contributed by atoms with E-state index >= 15 is 0 Å². The fraction of sp³-hybridized carbons (Fsp3) is 0.867. The van der Waals surface area contributed by atoms with Crippen LogP contribution in [0.2, 0.25) is 0 Å². The van der Waals surface area contributed by atoms with Crippen LogP contribution in [0.5, 0.6) is 0 Å². The molecule has 2 aliphatic rings. The van der Waals surface area contributed by atoms with Crippen LogP contribution < -0.4 is 11.5 Å². The first-order valence-electron chi connectivity index (χ1n) is 7.81. The van der Waals surface area contributed by atoms with Crippen LogP contribution in [0.4, 0.5) is 0 Å². The summed E-state index contributed by atoms with van der Waals surface area (Å²) in [5, 5.41) is 0. The van der Waals surface area contributed by atoms with Crippen molar-refractivity contribution in [3.63, 3.8) is 0 Å². The molecule has 1 heterocycles. The smallest absolute Gasteiger partial charge is 0.227 e. The SMILES string of the molecule is CC1CCCC(C(=O)N2CCC(CC(N)=O)CC2)C1N. The van der Waals surface area contributed by atoms with Crippen molar-refractivity contribution < 1.29 is 9.59 Å². The molecule has 1 saturated carbocycles. The molecule has 2 amide bonds. The molecular weight excluding hydrogens is 254 g/mol. The van der Waals surface area contributed by atoms with Gasteiger partial charge in [0.1, 0.15) is 0 Å². The van der Waals surface area contributed by atoms with Gasteiger partial charge in [-0.05, 0) is 37.5 Å². The average Bonchev–Trinajstić information content (AvgIpc) is 2.41. The summed E-state index contributed by atoms with van der Waals surface area (Å²) in [6.45, 7) is 3.63. The zero-order chi connectivity index (χ0) is 14.7. The number of piperidine rings is 1. The normalized spacial score (nSPS) is 32.1. The van der Waals surface area contributed by atoms with Crippen molar-refractivity contribution in [3.05, 3.63) is 0 Å². The number of amides is 2. The fourth-order valence-electron chi connectivity index (χ4n) is 3.61. The molecule has 0 radical (unpaired) electrons. The minimum atomic E-state index is -0.238. The van der Waals surface area contributed by atoms with Crippen LogP contribution >= 0.6 is 0 Å². The molecule has 3 atom stereocenters. The first-order valence-corrected chi connectivity index (χ1v) is 7.81. The summed E-state index contributed by atoms with van der Waals surface area (Å²) in [5.41, 5.74) is 11.4. The Balaban J connectivity index is 1.86. The van der Waals surface area contributed by atoms with Crippen LogP contribution in [0.15, 0.2) is 0 Å². The molecule has 1 saturated heterocycles. The summed E-state index contributed by atoms with van der Waals surface area (Å²) in [6.07, 6.45) is 5.36. The second-order valence-corrected chi connectivity index (χ2v) is 6.53. The van der Waals surface area contributed by atoms with Crippen LogP contribution in [0.3, 0.4) is 0 Å². The van der Waals surface area contributed by atoms with Crippen molar-refractivity contribution in [1.29, 1.82) is 0 Å². The van der Waals surface area contributed by atoms with Crippen molar-refractivity contribution in [1.82, 2.24) is 4.90 Å².